The number of aryl methyl sites for hydroxylation is 1. The lowest BCUT2D eigenvalue weighted by atomic mass is 10.0. The normalized spacial score (nSPS) is 18.9. The number of hydrogen-bond donors (Lipinski definition) is 6. The minimum absolute atomic E-state index is 0.0561. The summed E-state index contributed by atoms with van der Waals surface area (Å²) < 4.78 is 27.1. The maximum Gasteiger partial charge on any atom is 0.323 e. The molecule has 182 valence electrons. The van der Waals surface area contributed by atoms with Crippen molar-refractivity contribution in [3.05, 3.63) is 59.4 Å². The lowest BCUT2D eigenvalue weighted by Crippen LogP contribution is -2.48. The van der Waals surface area contributed by atoms with Crippen LogP contribution >= 0.6 is 0 Å². The van der Waals surface area contributed by atoms with Gasteiger partial charge in [0, 0.05) is 12.7 Å². The molecule has 1 aliphatic rings. The number of sulfonamides is 1. The van der Waals surface area contributed by atoms with Gasteiger partial charge in [0.2, 0.25) is 15.9 Å². The molecule has 1 fully saturated rings. The van der Waals surface area contributed by atoms with Crippen LogP contribution in [0.1, 0.15) is 35.7 Å². The second-order valence-electron chi connectivity index (χ2n) is 7.87. The number of aromatic nitrogens is 1. The molecule has 1 saturated heterocycles. The molecule has 1 aromatic carbocycles. The van der Waals surface area contributed by atoms with Crippen molar-refractivity contribution in [3.63, 3.8) is 0 Å². The van der Waals surface area contributed by atoms with Crippen molar-refractivity contribution in [1.82, 2.24) is 20.5 Å². The van der Waals surface area contributed by atoms with Crippen molar-refractivity contribution in [2.24, 2.45) is 5.73 Å². The SMILES string of the molecule is Cc1cccc(S(=O)(=O)NC(CNC(=O)C[C@@H]2CC(c3ccc(C(=N)N)nc3)NO2)C(=O)O)c1. The number of carbonyl (C=O) groups is 2. The van der Waals surface area contributed by atoms with Gasteiger partial charge in [-0.05, 0) is 42.7 Å². The molecule has 1 aliphatic heterocycles. The molecule has 2 heterocycles. The molecule has 2 aromatic rings. The van der Waals surface area contributed by atoms with Gasteiger partial charge in [0.05, 0.1) is 23.5 Å². The minimum Gasteiger partial charge on any atom is -0.480 e. The first-order valence-corrected chi connectivity index (χ1v) is 11.8. The van der Waals surface area contributed by atoms with E-state index in [-0.39, 0.29) is 23.2 Å². The summed E-state index contributed by atoms with van der Waals surface area (Å²) in [6.45, 7) is 1.29. The molecule has 1 amide bonds. The fourth-order valence-electron chi connectivity index (χ4n) is 3.35. The number of carboxylic acid groups (broad SMARTS) is 1. The second-order valence-corrected chi connectivity index (χ2v) is 9.59. The molecule has 12 nitrogen and oxygen atoms in total. The number of nitrogens with zero attached hydrogens (tertiary/aromatic N) is 1. The average molecular weight is 491 g/mol. The summed E-state index contributed by atoms with van der Waals surface area (Å²) in [4.78, 5) is 33.4. The highest BCUT2D eigenvalue weighted by Crippen LogP contribution is 2.26. The fraction of sp³-hybridized carbons (Fsp3) is 0.333. The van der Waals surface area contributed by atoms with Gasteiger partial charge in [0.25, 0.3) is 0 Å². The van der Waals surface area contributed by atoms with Crippen LogP contribution in [0.4, 0.5) is 0 Å². The first-order valence-electron chi connectivity index (χ1n) is 10.3. The highest BCUT2D eigenvalue weighted by atomic mass is 32.2. The second kappa shape index (κ2) is 10.7. The summed E-state index contributed by atoms with van der Waals surface area (Å²) in [5.41, 5.74) is 10.1. The minimum atomic E-state index is -4.09. The molecule has 0 radical (unpaired) electrons. The summed E-state index contributed by atoms with van der Waals surface area (Å²) in [6.07, 6.45) is 1.48. The largest absolute Gasteiger partial charge is 0.480 e. The number of amides is 1. The van der Waals surface area contributed by atoms with Crippen LogP contribution in [-0.4, -0.2) is 54.9 Å². The molecule has 3 rings (SSSR count). The van der Waals surface area contributed by atoms with Crippen molar-refractivity contribution in [2.75, 3.05) is 6.54 Å². The van der Waals surface area contributed by atoms with Gasteiger partial charge in [-0.25, -0.2) is 8.42 Å². The van der Waals surface area contributed by atoms with Gasteiger partial charge in [0.1, 0.15) is 17.6 Å². The first-order chi connectivity index (χ1) is 16.0. The van der Waals surface area contributed by atoms with E-state index in [0.717, 1.165) is 5.56 Å². The average Bonchev–Trinajstić information content (AvgIpc) is 3.25. The Hall–Kier alpha value is -3.39. The summed E-state index contributed by atoms with van der Waals surface area (Å²) in [7, 11) is -4.09. The number of carboxylic acids is 1. The number of carbonyl (C=O) groups excluding carboxylic acids is 1. The van der Waals surface area contributed by atoms with Gasteiger partial charge >= 0.3 is 5.97 Å². The summed E-state index contributed by atoms with van der Waals surface area (Å²) >= 11 is 0. The van der Waals surface area contributed by atoms with Crippen molar-refractivity contribution >= 4 is 27.7 Å². The Morgan fingerprint density at radius 2 is 2.12 bits per heavy atom. The zero-order valence-corrected chi connectivity index (χ0v) is 19.1. The molecule has 3 atom stereocenters. The van der Waals surface area contributed by atoms with Crippen LogP contribution in [0.25, 0.3) is 0 Å². The molecule has 1 aromatic heterocycles. The van der Waals surface area contributed by atoms with Crippen LogP contribution in [0.2, 0.25) is 0 Å². The molecule has 0 spiro atoms. The van der Waals surface area contributed by atoms with Gasteiger partial charge in [-0.3, -0.25) is 24.8 Å². The van der Waals surface area contributed by atoms with Crippen molar-refractivity contribution in [2.45, 2.75) is 42.8 Å². The number of amidine groups is 1. The number of nitrogens with two attached hydrogens (primary N) is 1. The number of rotatable bonds is 10. The number of aliphatic carboxylic acids is 1. The van der Waals surface area contributed by atoms with E-state index in [0.29, 0.717) is 17.7 Å². The van der Waals surface area contributed by atoms with E-state index in [9.17, 15) is 23.1 Å². The number of nitrogens with one attached hydrogen (secondary N) is 4. The quantitative estimate of drug-likeness (QED) is 0.195. The van der Waals surface area contributed by atoms with E-state index in [2.05, 4.69) is 20.5 Å². The summed E-state index contributed by atoms with van der Waals surface area (Å²) in [5, 5.41) is 19.2. The maximum atomic E-state index is 12.5. The van der Waals surface area contributed by atoms with Crippen LogP contribution in [-0.2, 0) is 24.4 Å². The molecular weight excluding hydrogens is 464 g/mol. The number of benzene rings is 1. The third kappa shape index (κ3) is 6.57. The smallest absolute Gasteiger partial charge is 0.323 e. The molecule has 13 heteroatoms. The van der Waals surface area contributed by atoms with Crippen LogP contribution in [0.15, 0.2) is 47.5 Å². The van der Waals surface area contributed by atoms with E-state index >= 15 is 0 Å². The first kappa shape index (κ1) is 25.2. The Bertz CT molecular complexity index is 1170. The van der Waals surface area contributed by atoms with Gasteiger partial charge in [-0.1, -0.05) is 18.2 Å². The maximum absolute atomic E-state index is 12.5. The molecule has 0 bridgehead atoms. The Morgan fingerprint density at radius 3 is 2.74 bits per heavy atom. The molecule has 7 N–H and O–H groups in total. The van der Waals surface area contributed by atoms with Crippen molar-refractivity contribution < 1.29 is 28.0 Å². The summed E-state index contributed by atoms with van der Waals surface area (Å²) in [5.74, 6) is -2.05. The number of pyridine rings is 1. The zero-order valence-electron chi connectivity index (χ0n) is 18.3. The Kier molecular flexibility index (Phi) is 7.94. The van der Waals surface area contributed by atoms with Crippen molar-refractivity contribution in [3.8, 4) is 0 Å². The van der Waals surface area contributed by atoms with E-state index in [1.165, 1.54) is 12.1 Å². The van der Waals surface area contributed by atoms with Crippen LogP contribution in [0.5, 0.6) is 0 Å². The fourth-order valence-corrected chi connectivity index (χ4v) is 4.64. The van der Waals surface area contributed by atoms with Gasteiger partial charge in [-0.2, -0.15) is 10.2 Å². The Balaban J connectivity index is 1.52. The highest BCUT2D eigenvalue weighted by molar-refractivity contribution is 7.89. The predicted molar refractivity (Wildman–Crippen MR) is 121 cm³/mol. The van der Waals surface area contributed by atoms with E-state index in [1.807, 2.05) is 0 Å². The highest BCUT2D eigenvalue weighted by Gasteiger charge is 2.30. The van der Waals surface area contributed by atoms with E-state index < -0.39 is 40.6 Å². The zero-order chi connectivity index (χ0) is 24.9. The number of hydroxylamine groups is 1. The topological polar surface area (TPSA) is 197 Å². The Morgan fingerprint density at radius 1 is 1.35 bits per heavy atom. The molecular formula is C21H26N6O6S. The van der Waals surface area contributed by atoms with E-state index in [1.54, 1.807) is 37.4 Å². The lowest BCUT2D eigenvalue weighted by Gasteiger charge is -2.16. The third-order valence-electron chi connectivity index (χ3n) is 5.15. The Labute approximate surface area is 196 Å². The molecule has 0 aliphatic carbocycles. The van der Waals surface area contributed by atoms with Gasteiger partial charge < -0.3 is 16.2 Å². The summed E-state index contributed by atoms with van der Waals surface area (Å²) in [6, 6.07) is 7.65. The van der Waals surface area contributed by atoms with Crippen LogP contribution < -0.4 is 21.3 Å². The van der Waals surface area contributed by atoms with Crippen molar-refractivity contribution in [1.29, 1.82) is 5.41 Å². The monoisotopic (exact) mass is 490 g/mol. The van der Waals surface area contributed by atoms with E-state index in [4.69, 9.17) is 16.0 Å². The molecule has 34 heavy (non-hydrogen) atoms. The third-order valence-corrected chi connectivity index (χ3v) is 6.62. The van der Waals surface area contributed by atoms with Gasteiger partial charge in [-0.15, -0.1) is 0 Å². The molecule has 2 unspecified atom stereocenters. The standard InChI is InChI=1S/C21H26N6O6S/c1-12-3-2-4-15(7-12)34(31,32)27-18(21(29)30)11-25-19(28)9-14-8-17(26-33-14)13-5-6-16(20(22)23)24-10-13/h2-7,10,14,17-18,26-27H,8-9,11H2,1H3,(H3,22,23)(H,25,28)(H,29,30)/t14-,17?,18?/m0/s1. The molecule has 0 saturated carbocycles. The number of hydrogen-bond acceptors (Lipinski definition) is 8. The predicted octanol–water partition coefficient (Wildman–Crippen LogP) is -0.0533. The van der Waals surface area contributed by atoms with Crippen LogP contribution in [0.3, 0.4) is 0 Å². The number of nitrogen functional groups attached to an aromatic ring is 1. The van der Waals surface area contributed by atoms with Gasteiger partial charge in [0.15, 0.2) is 0 Å². The lowest BCUT2D eigenvalue weighted by molar-refractivity contribution is -0.139. The van der Waals surface area contributed by atoms with Crippen LogP contribution in [0, 0.1) is 12.3 Å².